The van der Waals surface area contributed by atoms with E-state index in [2.05, 4.69) is 25.6 Å². The first-order valence-electron chi connectivity index (χ1n) is 12.7. The van der Waals surface area contributed by atoms with Crippen LogP contribution in [-0.4, -0.2) is 63.5 Å². The number of carbonyl (C=O) groups is 1. The van der Waals surface area contributed by atoms with Gasteiger partial charge >= 0.3 is 0 Å². The second kappa shape index (κ2) is 10.8. The second-order valence-corrected chi connectivity index (χ2v) is 12.5. The van der Waals surface area contributed by atoms with E-state index < -0.39 is 27.3 Å². The van der Waals surface area contributed by atoms with Crippen molar-refractivity contribution in [3.63, 3.8) is 0 Å². The predicted octanol–water partition coefficient (Wildman–Crippen LogP) is 3.55. The number of amides is 1. The average molecular weight is 583 g/mol. The first-order chi connectivity index (χ1) is 18.5. The van der Waals surface area contributed by atoms with Gasteiger partial charge in [0.25, 0.3) is 0 Å². The highest BCUT2D eigenvalue weighted by molar-refractivity contribution is 7.88. The van der Waals surface area contributed by atoms with Crippen molar-refractivity contribution in [2.24, 2.45) is 11.7 Å². The topological polar surface area (TPSA) is 148 Å². The summed E-state index contributed by atoms with van der Waals surface area (Å²) in [6.45, 7) is 0.753. The third-order valence-electron chi connectivity index (χ3n) is 7.33. The van der Waals surface area contributed by atoms with Crippen molar-refractivity contribution in [2.75, 3.05) is 30.0 Å². The number of imidazole rings is 1. The van der Waals surface area contributed by atoms with E-state index >= 15 is 0 Å². The minimum absolute atomic E-state index is 0.0763. The van der Waals surface area contributed by atoms with Gasteiger partial charge in [-0.15, -0.1) is 0 Å². The molecule has 3 heterocycles. The highest BCUT2D eigenvalue weighted by Gasteiger charge is 2.30. The maximum Gasteiger partial charge on any atom is 0.225 e. The molecule has 0 radical (unpaired) electrons. The Hall–Kier alpha value is -3.10. The van der Waals surface area contributed by atoms with Crippen molar-refractivity contribution >= 4 is 56.3 Å². The number of rotatable bonds is 7. The number of nitrogens with two attached hydrogens (primary N) is 1. The van der Waals surface area contributed by atoms with E-state index in [0.717, 1.165) is 18.6 Å². The predicted molar refractivity (Wildman–Crippen MR) is 143 cm³/mol. The van der Waals surface area contributed by atoms with E-state index in [1.54, 1.807) is 4.57 Å². The number of anilines is 3. The average Bonchev–Trinajstić information content (AvgIpc) is 3.23. The lowest BCUT2D eigenvalue weighted by molar-refractivity contribution is -0.122. The van der Waals surface area contributed by atoms with Crippen LogP contribution in [0, 0.1) is 17.6 Å². The summed E-state index contributed by atoms with van der Waals surface area (Å²) in [7, 11) is -3.33. The zero-order valence-corrected chi connectivity index (χ0v) is 22.8. The number of primary amides is 1. The summed E-state index contributed by atoms with van der Waals surface area (Å²) >= 11 is 5.79. The Morgan fingerprint density at radius 2 is 1.82 bits per heavy atom. The normalized spacial score (nSPS) is 22.6. The summed E-state index contributed by atoms with van der Waals surface area (Å²) in [5.41, 5.74) is 5.94. The van der Waals surface area contributed by atoms with E-state index in [9.17, 15) is 22.0 Å². The molecule has 1 aliphatic carbocycles. The summed E-state index contributed by atoms with van der Waals surface area (Å²) in [4.78, 5) is 25.3. The second-order valence-electron chi connectivity index (χ2n) is 10.1. The number of fused-ring (bicyclic) bond motifs is 1. The molecule has 1 saturated heterocycles. The molecule has 1 amide bonds. The zero-order chi connectivity index (χ0) is 27.9. The Morgan fingerprint density at radius 1 is 1.13 bits per heavy atom. The van der Waals surface area contributed by atoms with E-state index in [1.807, 2.05) is 0 Å². The molecule has 11 nitrogen and oxygen atoms in total. The minimum Gasteiger partial charge on any atom is -0.369 e. The Labute approximate surface area is 229 Å². The molecule has 15 heteroatoms. The number of sulfonamides is 1. The van der Waals surface area contributed by atoms with Crippen LogP contribution in [0.1, 0.15) is 44.6 Å². The van der Waals surface area contributed by atoms with Crippen molar-refractivity contribution in [3.8, 4) is 0 Å². The number of hydrogen-bond acceptors (Lipinski definition) is 8. The van der Waals surface area contributed by atoms with Crippen LogP contribution in [0.2, 0.25) is 5.02 Å². The van der Waals surface area contributed by atoms with E-state index in [-0.39, 0.29) is 40.8 Å². The summed E-state index contributed by atoms with van der Waals surface area (Å²) in [6, 6.07) is 1.64. The molecule has 1 aromatic carbocycles. The van der Waals surface area contributed by atoms with Crippen LogP contribution >= 0.6 is 11.6 Å². The van der Waals surface area contributed by atoms with Crippen molar-refractivity contribution < 1.29 is 22.0 Å². The third kappa shape index (κ3) is 5.92. The van der Waals surface area contributed by atoms with Gasteiger partial charge in [-0.1, -0.05) is 11.6 Å². The van der Waals surface area contributed by atoms with Crippen molar-refractivity contribution in [1.29, 1.82) is 0 Å². The van der Waals surface area contributed by atoms with Crippen molar-refractivity contribution in [1.82, 2.24) is 23.8 Å². The van der Waals surface area contributed by atoms with Crippen LogP contribution in [0.5, 0.6) is 0 Å². The number of aromatic nitrogens is 4. The highest BCUT2D eigenvalue weighted by atomic mass is 35.5. The quantitative estimate of drug-likeness (QED) is 0.383. The van der Waals surface area contributed by atoms with Gasteiger partial charge in [-0.05, 0) is 50.7 Å². The van der Waals surface area contributed by atoms with Crippen LogP contribution in [0.15, 0.2) is 18.3 Å². The summed E-state index contributed by atoms with van der Waals surface area (Å²) in [6.07, 6.45) is 6.41. The third-order valence-corrected chi connectivity index (χ3v) is 8.81. The van der Waals surface area contributed by atoms with E-state index in [0.29, 0.717) is 56.4 Å². The molecule has 2 aromatic heterocycles. The summed E-state index contributed by atoms with van der Waals surface area (Å²) in [5, 5.41) is 5.92. The fourth-order valence-corrected chi connectivity index (χ4v) is 6.43. The van der Waals surface area contributed by atoms with Crippen LogP contribution in [0.4, 0.5) is 26.4 Å². The lowest BCUT2D eigenvalue weighted by atomic mass is 9.85. The van der Waals surface area contributed by atoms with Gasteiger partial charge < -0.3 is 16.4 Å². The molecule has 1 atom stereocenters. The molecule has 3 aromatic rings. The Kier molecular flexibility index (Phi) is 7.62. The minimum atomic E-state index is -3.33. The lowest BCUT2D eigenvalue weighted by Crippen LogP contribution is -2.44. The summed E-state index contributed by atoms with van der Waals surface area (Å²) < 4.78 is 56.5. The maximum atomic E-state index is 14.6. The SMILES string of the molecule is CS(=O)(=O)N1CCCC(Nc2ncc3nc(Nc4c(F)cc(Cl)cc4F)n(C4CCC(C(N)=O)CC4)c3n2)C1. The number of nitrogens with zero attached hydrogens (tertiary/aromatic N) is 5. The molecular weight excluding hydrogens is 554 g/mol. The molecule has 4 N–H and O–H groups in total. The molecule has 2 aliphatic rings. The fourth-order valence-electron chi connectivity index (χ4n) is 5.33. The number of benzene rings is 1. The number of hydrogen-bond donors (Lipinski definition) is 3. The van der Waals surface area contributed by atoms with Gasteiger partial charge in [-0.2, -0.15) is 4.98 Å². The molecule has 210 valence electrons. The largest absolute Gasteiger partial charge is 0.369 e. The number of piperidine rings is 1. The zero-order valence-electron chi connectivity index (χ0n) is 21.2. The van der Waals surface area contributed by atoms with Gasteiger partial charge in [0, 0.05) is 36.1 Å². The molecule has 0 spiro atoms. The van der Waals surface area contributed by atoms with Crippen LogP contribution in [-0.2, 0) is 14.8 Å². The van der Waals surface area contributed by atoms with Gasteiger partial charge in [0.2, 0.25) is 27.8 Å². The van der Waals surface area contributed by atoms with Crippen molar-refractivity contribution in [3.05, 3.63) is 35.0 Å². The van der Waals surface area contributed by atoms with Crippen molar-refractivity contribution in [2.45, 2.75) is 50.6 Å². The fraction of sp³-hybridized carbons (Fsp3) is 0.500. The number of halogens is 3. The molecule has 2 fully saturated rings. The molecule has 5 rings (SSSR count). The van der Waals surface area contributed by atoms with Gasteiger partial charge in [-0.3, -0.25) is 9.36 Å². The molecular formula is C24H29ClF2N8O3S. The molecule has 0 bridgehead atoms. The molecule has 1 aliphatic heterocycles. The van der Waals surface area contributed by atoms with Crippen LogP contribution < -0.4 is 16.4 Å². The highest BCUT2D eigenvalue weighted by Crippen LogP contribution is 2.38. The maximum absolute atomic E-state index is 14.6. The molecule has 39 heavy (non-hydrogen) atoms. The first-order valence-corrected chi connectivity index (χ1v) is 14.9. The van der Waals surface area contributed by atoms with E-state index in [4.69, 9.17) is 17.3 Å². The lowest BCUT2D eigenvalue weighted by Gasteiger charge is -2.31. The van der Waals surface area contributed by atoms with Gasteiger partial charge in [0.05, 0.1) is 12.5 Å². The van der Waals surface area contributed by atoms with Crippen LogP contribution in [0.25, 0.3) is 11.2 Å². The molecule has 1 saturated carbocycles. The van der Waals surface area contributed by atoms with Crippen LogP contribution in [0.3, 0.4) is 0 Å². The summed E-state index contributed by atoms with van der Waals surface area (Å²) in [5.74, 6) is -1.90. The number of carbonyl (C=O) groups excluding carboxylic acids is 1. The van der Waals surface area contributed by atoms with Gasteiger partial charge in [0.1, 0.15) is 11.2 Å². The smallest absolute Gasteiger partial charge is 0.225 e. The van der Waals surface area contributed by atoms with E-state index in [1.165, 1.54) is 16.8 Å². The first kappa shape index (κ1) is 27.5. The standard InChI is InChI=1S/C24H29ClF2N8O3S/c1-39(37,38)34-8-2-3-15(12-34)30-23-29-11-19-22(33-23)35(16-6-4-13(5-7-16)21(28)36)24(31-19)32-20-17(26)9-14(25)10-18(20)27/h9-11,13,15-16H,2-8,12H2,1H3,(H2,28,36)(H,31,32)(H,29,30,33). The Balaban J connectivity index is 1.50. The molecule has 1 unspecified atom stereocenters. The van der Waals surface area contributed by atoms with Gasteiger partial charge in [0.15, 0.2) is 17.3 Å². The number of nitrogens with one attached hydrogen (secondary N) is 2. The Bertz CT molecular complexity index is 1490. The monoisotopic (exact) mass is 582 g/mol. The Morgan fingerprint density at radius 3 is 2.46 bits per heavy atom. The van der Waals surface area contributed by atoms with Gasteiger partial charge in [-0.25, -0.2) is 31.5 Å².